The van der Waals surface area contributed by atoms with Gasteiger partial charge in [0.25, 0.3) is 0 Å². The Morgan fingerprint density at radius 3 is 2.19 bits per heavy atom. The molecule has 0 aliphatic carbocycles. The Labute approximate surface area is 163 Å². The Morgan fingerprint density at radius 1 is 0.815 bits per heavy atom. The van der Waals surface area contributed by atoms with E-state index in [0.717, 1.165) is 31.4 Å². The second-order valence-corrected chi connectivity index (χ2v) is 7.68. The second kappa shape index (κ2) is 8.77. The van der Waals surface area contributed by atoms with Gasteiger partial charge in [0.05, 0.1) is 7.11 Å². The van der Waals surface area contributed by atoms with Crippen LogP contribution < -0.4 is 9.64 Å². The van der Waals surface area contributed by atoms with Crippen molar-refractivity contribution in [3.63, 3.8) is 0 Å². The van der Waals surface area contributed by atoms with Crippen LogP contribution in [-0.2, 0) is 6.54 Å². The highest BCUT2D eigenvalue weighted by Crippen LogP contribution is 2.24. The van der Waals surface area contributed by atoms with E-state index >= 15 is 0 Å². The molecule has 2 aromatic rings. The van der Waals surface area contributed by atoms with Crippen molar-refractivity contribution in [3.05, 3.63) is 60.2 Å². The molecule has 4 heteroatoms. The lowest BCUT2D eigenvalue weighted by molar-refractivity contribution is 0.0994. The number of hydrogen-bond donors (Lipinski definition) is 0. The first-order chi connectivity index (χ1) is 13.3. The normalized spacial score (nSPS) is 20.0. The van der Waals surface area contributed by atoms with E-state index in [1.165, 1.54) is 50.3 Å². The first-order valence-electron chi connectivity index (χ1n) is 10.2. The van der Waals surface area contributed by atoms with Crippen LogP contribution in [0.4, 0.5) is 5.69 Å². The molecule has 0 unspecified atom stereocenters. The van der Waals surface area contributed by atoms with E-state index in [2.05, 4.69) is 63.2 Å². The fraction of sp³-hybridized carbons (Fsp3) is 0.478. The van der Waals surface area contributed by atoms with E-state index < -0.39 is 0 Å². The summed E-state index contributed by atoms with van der Waals surface area (Å²) in [6.45, 7) is 8.02. The molecule has 0 spiro atoms. The molecule has 0 bridgehead atoms. The number of ether oxygens (including phenoxy) is 1. The fourth-order valence-electron chi connectivity index (χ4n) is 4.50. The van der Waals surface area contributed by atoms with Gasteiger partial charge in [-0.25, -0.2) is 0 Å². The molecule has 0 aromatic heterocycles. The third-order valence-corrected chi connectivity index (χ3v) is 6.10. The minimum Gasteiger partial charge on any atom is -0.496 e. The Morgan fingerprint density at radius 2 is 1.48 bits per heavy atom. The number of hydrogen-bond acceptors (Lipinski definition) is 4. The SMILES string of the molecule is COc1ccccc1CN1CCC(N2CCN(c3ccccc3)CC2)CC1. The fourth-order valence-corrected chi connectivity index (χ4v) is 4.50. The number of methoxy groups -OCH3 is 1. The predicted octanol–water partition coefficient (Wildman–Crippen LogP) is 3.48. The minimum atomic E-state index is 0.747. The van der Waals surface area contributed by atoms with Crippen LogP contribution in [-0.4, -0.2) is 62.2 Å². The number of likely N-dealkylation sites (tertiary alicyclic amines) is 1. The first kappa shape index (κ1) is 18.3. The van der Waals surface area contributed by atoms with E-state index in [0.29, 0.717) is 0 Å². The molecule has 0 atom stereocenters. The zero-order valence-corrected chi connectivity index (χ0v) is 16.4. The van der Waals surface area contributed by atoms with Crippen LogP contribution in [0, 0.1) is 0 Å². The summed E-state index contributed by atoms with van der Waals surface area (Å²) in [6.07, 6.45) is 2.56. The lowest BCUT2D eigenvalue weighted by Gasteiger charge is -2.43. The molecule has 2 aliphatic rings. The monoisotopic (exact) mass is 365 g/mol. The highest BCUT2D eigenvalue weighted by Gasteiger charge is 2.27. The maximum Gasteiger partial charge on any atom is 0.123 e. The Balaban J connectivity index is 1.25. The zero-order chi connectivity index (χ0) is 18.5. The van der Waals surface area contributed by atoms with Crippen molar-refractivity contribution in [2.45, 2.75) is 25.4 Å². The third-order valence-electron chi connectivity index (χ3n) is 6.10. The summed E-state index contributed by atoms with van der Waals surface area (Å²) in [7, 11) is 1.76. The van der Waals surface area contributed by atoms with Crippen molar-refractivity contribution >= 4 is 5.69 Å². The minimum absolute atomic E-state index is 0.747. The van der Waals surface area contributed by atoms with E-state index in [-0.39, 0.29) is 0 Å². The Bertz CT molecular complexity index is 705. The van der Waals surface area contributed by atoms with Gasteiger partial charge < -0.3 is 9.64 Å². The molecule has 4 rings (SSSR count). The average molecular weight is 366 g/mol. The molecule has 27 heavy (non-hydrogen) atoms. The molecule has 2 fully saturated rings. The van der Waals surface area contributed by atoms with Gasteiger partial charge in [-0.05, 0) is 44.1 Å². The van der Waals surface area contributed by atoms with Crippen LogP contribution in [0.25, 0.3) is 0 Å². The Kier molecular flexibility index (Phi) is 5.95. The van der Waals surface area contributed by atoms with Gasteiger partial charge in [0, 0.05) is 50.0 Å². The van der Waals surface area contributed by atoms with Crippen LogP contribution in [0.3, 0.4) is 0 Å². The van der Waals surface area contributed by atoms with E-state index in [4.69, 9.17) is 4.74 Å². The average Bonchev–Trinajstić information content (AvgIpc) is 2.75. The van der Waals surface area contributed by atoms with Crippen molar-refractivity contribution in [3.8, 4) is 5.75 Å². The molecule has 0 saturated carbocycles. The highest BCUT2D eigenvalue weighted by atomic mass is 16.5. The van der Waals surface area contributed by atoms with Gasteiger partial charge >= 0.3 is 0 Å². The molecular formula is C23H31N3O. The topological polar surface area (TPSA) is 19.0 Å². The number of para-hydroxylation sites is 2. The molecule has 0 radical (unpaired) electrons. The summed E-state index contributed by atoms with van der Waals surface area (Å²) in [5.41, 5.74) is 2.67. The number of nitrogens with zero attached hydrogens (tertiary/aromatic N) is 3. The van der Waals surface area contributed by atoms with Crippen LogP contribution in [0.5, 0.6) is 5.75 Å². The van der Waals surface area contributed by atoms with Crippen LogP contribution >= 0.6 is 0 Å². The quantitative estimate of drug-likeness (QED) is 0.807. The Hall–Kier alpha value is -2.04. The van der Waals surface area contributed by atoms with Crippen molar-refractivity contribution in [1.29, 1.82) is 0 Å². The number of piperidine rings is 1. The summed E-state index contributed by atoms with van der Waals surface area (Å²) < 4.78 is 5.51. The zero-order valence-electron chi connectivity index (χ0n) is 16.4. The van der Waals surface area contributed by atoms with Crippen molar-refractivity contribution in [1.82, 2.24) is 9.80 Å². The summed E-state index contributed by atoms with van der Waals surface area (Å²) in [5, 5.41) is 0. The number of anilines is 1. The maximum atomic E-state index is 5.51. The number of benzene rings is 2. The molecule has 2 heterocycles. The van der Waals surface area contributed by atoms with Crippen molar-refractivity contribution in [2.75, 3.05) is 51.3 Å². The third kappa shape index (κ3) is 4.45. The van der Waals surface area contributed by atoms with Crippen LogP contribution in [0.15, 0.2) is 54.6 Å². The van der Waals surface area contributed by atoms with Gasteiger partial charge in [-0.2, -0.15) is 0 Å². The van der Waals surface area contributed by atoms with Crippen LogP contribution in [0.2, 0.25) is 0 Å². The van der Waals surface area contributed by atoms with Gasteiger partial charge in [0.2, 0.25) is 0 Å². The van der Waals surface area contributed by atoms with Gasteiger partial charge in [-0.3, -0.25) is 9.80 Å². The van der Waals surface area contributed by atoms with Gasteiger partial charge in [0.1, 0.15) is 5.75 Å². The van der Waals surface area contributed by atoms with E-state index in [9.17, 15) is 0 Å². The van der Waals surface area contributed by atoms with Gasteiger partial charge in [-0.1, -0.05) is 36.4 Å². The highest BCUT2D eigenvalue weighted by molar-refractivity contribution is 5.46. The number of piperazine rings is 1. The second-order valence-electron chi connectivity index (χ2n) is 7.68. The van der Waals surface area contributed by atoms with Gasteiger partial charge in [-0.15, -0.1) is 0 Å². The lowest BCUT2D eigenvalue weighted by atomic mass is 10.0. The summed E-state index contributed by atoms with van der Waals surface area (Å²) >= 11 is 0. The molecule has 0 N–H and O–H groups in total. The smallest absolute Gasteiger partial charge is 0.123 e. The standard InChI is InChI=1S/C23H31N3O/c1-27-23-10-6-5-7-20(23)19-24-13-11-22(12-14-24)26-17-15-25(16-18-26)21-8-3-2-4-9-21/h2-10,22H,11-19H2,1H3. The molecule has 2 aliphatic heterocycles. The van der Waals surface area contributed by atoms with Crippen molar-refractivity contribution < 1.29 is 4.74 Å². The predicted molar refractivity (Wildman–Crippen MR) is 112 cm³/mol. The molecule has 2 aromatic carbocycles. The number of rotatable bonds is 5. The molecule has 4 nitrogen and oxygen atoms in total. The van der Waals surface area contributed by atoms with E-state index in [1.54, 1.807) is 7.11 Å². The molecule has 2 saturated heterocycles. The van der Waals surface area contributed by atoms with Crippen molar-refractivity contribution in [2.24, 2.45) is 0 Å². The molecular weight excluding hydrogens is 334 g/mol. The summed E-state index contributed by atoms with van der Waals surface area (Å²) in [6, 6.07) is 20.0. The maximum absolute atomic E-state index is 5.51. The largest absolute Gasteiger partial charge is 0.496 e. The van der Waals surface area contributed by atoms with Crippen LogP contribution in [0.1, 0.15) is 18.4 Å². The first-order valence-corrected chi connectivity index (χ1v) is 10.2. The van der Waals surface area contributed by atoms with Gasteiger partial charge in [0.15, 0.2) is 0 Å². The summed E-state index contributed by atoms with van der Waals surface area (Å²) in [4.78, 5) is 7.82. The summed E-state index contributed by atoms with van der Waals surface area (Å²) in [5.74, 6) is 1.01. The van der Waals surface area contributed by atoms with E-state index in [1.807, 2.05) is 6.07 Å². The molecule has 0 amide bonds. The molecule has 144 valence electrons. The lowest BCUT2D eigenvalue weighted by Crippen LogP contribution is -2.53.